The van der Waals surface area contributed by atoms with E-state index in [0.717, 1.165) is 21.9 Å². The average molecular weight is 614 g/mol. The summed E-state index contributed by atoms with van der Waals surface area (Å²) in [6.45, 7) is 20.0. The van der Waals surface area contributed by atoms with E-state index in [2.05, 4.69) is 33.6 Å². The van der Waals surface area contributed by atoms with Gasteiger partial charge in [0.2, 0.25) is 5.91 Å². The summed E-state index contributed by atoms with van der Waals surface area (Å²) < 4.78 is 12.7. The van der Waals surface area contributed by atoms with Crippen LogP contribution < -0.4 is 11.1 Å². The molecule has 0 spiro atoms. The highest BCUT2D eigenvalue weighted by Crippen LogP contribution is 2.24. The number of thioether (sulfide) groups is 1. The number of hydrogen-bond acceptors (Lipinski definition) is 9. The van der Waals surface area contributed by atoms with Crippen LogP contribution in [0.1, 0.15) is 58.5 Å². The number of nitrogens with two attached hydrogens (primary N) is 1. The second-order valence-electron chi connectivity index (χ2n) is 9.97. The van der Waals surface area contributed by atoms with Gasteiger partial charge >= 0.3 is 6.09 Å². The fraction of sp³-hybridized carbons (Fsp3) is 0.452. The Bertz CT molecular complexity index is 1230. The van der Waals surface area contributed by atoms with Crippen LogP contribution in [0.3, 0.4) is 0 Å². The minimum Gasteiger partial charge on any atom is -0.444 e. The molecule has 0 saturated carbocycles. The molecular formula is C31H47N7O4S. The molecule has 43 heavy (non-hydrogen) atoms. The van der Waals surface area contributed by atoms with Crippen LogP contribution in [0.25, 0.3) is 17.1 Å². The third kappa shape index (κ3) is 12.9. The number of ether oxygens (including phenoxy) is 2. The number of aromatic nitrogens is 3. The zero-order chi connectivity index (χ0) is 32.4. The van der Waals surface area contributed by atoms with Crippen LogP contribution in [-0.4, -0.2) is 82.4 Å². The van der Waals surface area contributed by atoms with Crippen molar-refractivity contribution in [2.45, 2.75) is 59.7 Å². The van der Waals surface area contributed by atoms with Gasteiger partial charge in [-0.3, -0.25) is 19.7 Å². The molecule has 236 valence electrons. The zero-order valence-corrected chi connectivity index (χ0v) is 27.3. The second kappa shape index (κ2) is 19.3. The van der Waals surface area contributed by atoms with Crippen molar-refractivity contribution in [3.8, 4) is 0 Å². The Morgan fingerprint density at radius 3 is 2.53 bits per heavy atom. The third-order valence-corrected chi connectivity index (χ3v) is 6.35. The fourth-order valence-electron chi connectivity index (χ4n) is 3.74. The van der Waals surface area contributed by atoms with Crippen LogP contribution in [-0.2, 0) is 20.8 Å². The van der Waals surface area contributed by atoms with Crippen molar-refractivity contribution in [2.75, 3.05) is 32.6 Å². The van der Waals surface area contributed by atoms with Gasteiger partial charge < -0.3 is 25.1 Å². The standard InChI is InChI=1S/C20H31N5O4.C9H10N2S.C2H6/c1-6-15-16(11-14(2)21)24(13-23-15)8-7-22-18(26)17-12-28-10-9-25(17)19(27)29-20(3,4)5;1-10-7-9(12-2)8-3-5-11-6-4-8;1-2/h6,11,13,17H,1,7-10,12,21H2,2-5H3,(H,22,26);3-7H,1H2,2H3;1-2H3/b14-11+;9-7-;. The van der Waals surface area contributed by atoms with Gasteiger partial charge in [-0.05, 0) is 70.5 Å². The van der Waals surface area contributed by atoms with Gasteiger partial charge in [0.15, 0.2) is 0 Å². The maximum absolute atomic E-state index is 12.7. The Hall–Kier alpha value is -3.90. The molecule has 1 saturated heterocycles. The predicted octanol–water partition coefficient (Wildman–Crippen LogP) is 5.07. The van der Waals surface area contributed by atoms with E-state index < -0.39 is 17.7 Å². The molecule has 11 nitrogen and oxygen atoms in total. The Balaban J connectivity index is 0.000000549. The number of imidazole rings is 1. The second-order valence-corrected chi connectivity index (χ2v) is 10.8. The average Bonchev–Trinajstić information content (AvgIpc) is 3.37. The quantitative estimate of drug-likeness (QED) is 0.374. The Morgan fingerprint density at radius 2 is 1.98 bits per heavy atom. The lowest BCUT2D eigenvalue weighted by Crippen LogP contribution is -2.57. The highest BCUT2D eigenvalue weighted by Gasteiger charge is 2.35. The van der Waals surface area contributed by atoms with E-state index in [4.69, 9.17) is 15.2 Å². The monoisotopic (exact) mass is 613 g/mol. The van der Waals surface area contributed by atoms with Crippen molar-refractivity contribution in [2.24, 2.45) is 10.7 Å². The van der Waals surface area contributed by atoms with E-state index in [1.165, 1.54) is 4.90 Å². The number of hydrogen-bond donors (Lipinski definition) is 2. The molecule has 2 amide bonds. The van der Waals surface area contributed by atoms with E-state index >= 15 is 0 Å². The number of nitrogens with zero attached hydrogens (tertiary/aromatic N) is 5. The lowest BCUT2D eigenvalue weighted by molar-refractivity contribution is -0.132. The van der Waals surface area contributed by atoms with Crippen LogP contribution in [0.5, 0.6) is 0 Å². The van der Waals surface area contributed by atoms with Gasteiger partial charge in [-0.1, -0.05) is 20.4 Å². The van der Waals surface area contributed by atoms with Gasteiger partial charge in [0.25, 0.3) is 0 Å². The largest absolute Gasteiger partial charge is 0.444 e. The number of morpholine rings is 1. The predicted molar refractivity (Wildman–Crippen MR) is 177 cm³/mol. The smallest absolute Gasteiger partial charge is 0.411 e. The molecule has 1 aliphatic heterocycles. The molecule has 3 N–H and O–H groups in total. The molecule has 0 radical (unpaired) electrons. The van der Waals surface area contributed by atoms with E-state index in [9.17, 15) is 9.59 Å². The summed E-state index contributed by atoms with van der Waals surface area (Å²) in [6.07, 6.45) is 11.9. The summed E-state index contributed by atoms with van der Waals surface area (Å²) in [5.74, 6) is -0.285. The highest BCUT2D eigenvalue weighted by molar-refractivity contribution is 8.07. The molecular weight excluding hydrogens is 566 g/mol. The molecule has 1 unspecified atom stereocenters. The molecule has 2 aromatic rings. The SMILES string of the molecule is C=Cc1ncn(CCNC(=O)C2COCCN2C(=O)OC(C)(C)C)c1/C=C(\C)N.C=N/C=C(\SC)c1ccncc1.CC. The summed E-state index contributed by atoms with van der Waals surface area (Å²) in [7, 11) is 0. The van der Waals surface area contributed by atoms with Gasteiger partial charge in [0, 0.05) is 48.8 Å². The van der Waals surface area contributed by atoms with Crippen LogP contribution in [0.15, 0.2) is 54.3 Å². The number of amides is 2. The number of carbonyl (C=O) groups is 2. The molecule has 0 aromatic carbocycles. The number of allylic oxidation sites excluding steroid dienone is 1. The van der Waals surface area contributed by atoms with Crippen LogP contribution in [0, 0.1) is 0 Å². The summed E-state index contributed by atoms with van der Waals surface area (Å²) in [5, 5.41) is 2.86. The van der Waals surface area contributed by atoms with Gasteiger partial charge in [-0.15, -0.1) is 11.8 Å². The van der Waals surface area contributed by atoms with Gasteiger partial charge in [-0.2, -0.15) is 0 Å². The lowest BCUT2D eigenvalue weighted by Gasteiger charge is -2.35. The van der Waals surface area contributed by atoms with Gasteiger partial charge in [-0.25, -0.2) is 9.78 Å². The third-order valence-electron chi connectivity index (χ3n) is 5.57. The van der Waals surface area contributed by atoms with Crippen molar-refractivity contribution >= 4 is 47.5 Å². The van der Waals surface area contributed by atoms with E-state index in [-0.39, 0.29) is 12.5 Å². The number of rotatable bonds is 9. The first kappa shape index (κ1) is 37.1. The molecule has 12 heteroatoms. The van der Waals surface area contributed by atoms with Crippen molar-refractivity contribution in [3.05, 3.63) is 66.3 Å². The minimum atomic E-state index is -0.726. The first-order valence-electron chi connectivity index (χ1n) is 14.1. The van der Waals surface area contributed by atoms with Crippen molar-refractivity contribution in [1.29, 1.82) is 0 Å². The molecule has 1 fully saturated rings. The summed E-state index contributed by atoms with van der Waals surface area (Å²) in [4.78, 5) is 39.6. The number of pyridine rings is 1. The van der Waals surface area contributed by atoms with Crippen LogP contribution >= 0.6 is 11.8 Å². The molecule has 1 aliphatic rings. The first-order valence-corrected chi connectivity index (χ1v) is 15.3. The molecule has 1 atom stereocenters. The molecule has 0 bridgehead atoms. The highest BCUT2D eigenvalue weighted by atomic mass is 32.2. The van der Waals surface area contributed by atoms with Crippen molar-refractivity contribution < 1.29 is 19.1 Å². The molecule has 3 rings (SSSR count). The first-order chi connectivity index (χ1) is 20.5. The Labute approximate surface area is 260 Å². The minimum absolute atomic E-state index is 0.136. The van der Waals surface area contributed by atoms with Crippen molar-refractivity contribution in [3.63, 3.8) is 0 Å². The van der Waals surface area contributed by atoms with Crippen LogP contribution in [0.2, 0.25) is 0 Å². The summed E-state index contributed by atoms with van der Waals surface area (Å²) in [6, 6.07) is 3.18. The van der Waals surface area contributed by atoms with E-state index in [1.807, 2.05) is 42.9 Å². The Kier molecular flexibility index (Phi) is 16.7. The lowest BCUT2D eigenvalue weighted by atomic mass is 10.2. The van der Waals surface area contributed by atoms with Crippen molar-refractivity contribution in [1.82, 2.24) is 24.8 Å². The zero-order valence-electron chi connectivity index (χ0n) is 26.5. The molecule has 0 aliphatic carbocycles. The Morgan fingerprint density at radius 1 is 1.30 bits per heavy atom. The van der Waals surface area contributed by atoms with Gasteiger partial charge in [0.05, 0.1) is 30.9 Å². The molecule has 3 heterocycles. The number of nitrogens with one attached hydrogen (secondary N) is 1. The summed E-state index contributed by atoms with van der Waals surface area (Å²) in [5.41, 5.74) is 8.48. The maximum atomic E-state index is 12.7. The topological polar surface area (TPSA) is 137 Å². The van der Waals surface area contributed by atoms with Crippen LogP contribution in [0.4, 0.5) is 4.79 Å². The van der Waals surface area contributed by atoms with E-state index in [1.54, 1.807) is 70.5 Å². The summed E-state index contributed by atoms with van der Waals surface area (Å²) >= 11 is 1.65. The molecule has 2 aromatic heterocycles. The number of carbonyl (C=O) groups excluding carboxylic acids is 2. The van der Waals surface area contributed by atoms with Gasteiger partial charge in [0.1, 0.15) is 11.6 Å². The van der Waals surface area contributed by atoms with E-state index in [0.29, 0.717) is 31.9 Å². The maximum Gasteiger partial charge on any atom is 0.411 e. The fourth-order valence-corrected chi connectivity index (χ4v) is 4.29. The number of aliphatic imine (C=N–C) groups is 1. The normalized spacial score (nSPS) is 15.2.